The van der Waals surface area contributed by atoms with Gasteiger partial charge >= 0.3 is 0 Å². The molecule has 7 atom stereocenters. The van der Waals surface area contributed by atoms with Crippen molar-refractivity contribution in [2.45, 2.75) is 70.6 Å². The van der Waals surface area contributed by atoms with E-state index in [0.717, 1.165) is 17.8 Å². The number of aliphatic hydroxyl groups is 1. The van der Waals surface area contributed by atoms with Crippen molar-refractivity contribution < 1.29 is 14.3 Å². The molecule has 0 saturated heterocycles. The van der Waals surface area contributed by atoms with Crippen molar-refractivity contribution in [3.05, 3.63) is 17.8 Å². The molecular weight excluding hydrogens is 318 g/mol. The molecule has 1 aromatic heterocycles. The molecule has 3 saturated carbocycles. The van der Waals surface area contributed by atoms with Gasteiger partial charge in [-0.1, -0.05) is 0 Å². The first-order valence-corrected chi connectivity index (χ1v) is 9.59. The molecule has 4 rings (SSSR count). The van der Waals surface area contributed by atoms with Crippen LogP contribution in [0.3, 0.4) is 0 Å². The number of fused-ring (bicyclic) bond motifs is 2. The van der Waals surface area contributed by atoms with Gasteiger partial charge < -0.3 is 20.6 Å². The second-order valence-electron chi connectivity index (χ2n) is 8.64. The Morgan fingerprint density at radius 3 is 2.92 bits per heavy atom. The minimum atomic E-state index is -0.777. The average molecular weight is 347 g/mol. The van der Waals surface area contributed by atoms with E-state index in [1.807, 2.05) is 0 Å². The van der Waals surface area contributed by atoms with Gasteiger partial charge in [-0.15, -0.1) is 0 Å². The lowest BCUT2D eigenvalue weighted by atomic mass is 9.61. The Morgan fingerprint density at radius 1 is 1.40 bits per heavy atom. The fourth-order valence-electron chi connectivity index (χ4n) is 5.83. The number of carbonyl (C=O) groups is 1. The van der Waals surface area contributed by atoms with E-state index >= 15 is 0 Å². The number of oxazole rings is 1. The van der Waals surface area contributed by atoms with Gasteiger partial charge in [-0.05, 0) is 75.5 Å². The number of nitrogens with zero attached hydrogens (tertiary/aromatic N) is 1. The molecule has 3 fully saturated rings. The van der Waals surface area contributed by atoms with E-state index in [4.69, 9.17) is 10.2 Å². The molecule has 0 aromatic carbocycles. The normalized spacial score (nSPS) is 36.9. The van der Waals surface area contributed by atoms with E-state index in [1.165, 1.54) is 44.8 Å². The highest BCUT2D eigenvalue weighted by Crippen LogP contribution is 2.63. The molecule has 0 aliphatic heterocycles. The highest BCUT2D eigenvalue weighted by atomic mass is 16.3. The molecule has 0 radical (unpaired) electrons. The van der Waals surface area contributed by atoms with Gasteiger partial charge in [0.2, 0.25) is 5.89 Å². The van der Waals surface area contributed by atoms with Gasteiger partial charge in [0.05, 0.1) is 6.10 Å². The monoisotopic (exact) mass is 347 g/mol. The van der Waals surface area contributed by atoms with E-state index < -0.39 is 12.1 Å². The van der Waals surface area contributed by atoms with Crippen LogP contribution >= 0.6 is 0 Å². The highest BCUT2D eigenvalue weighted by Gasteiger charge is 2.56. The van der Waals surface area contributed by atoms with Crippen LogP contribution in [-0.2, 0) is 0 Å². The zero-order chi connectivity index (χ0) is 17.8. The highest BCUT2D eigenvalue weighted by molar-refractivity contribution is 5.92. The smallest absolute Gasteiger partial charge is 0.273 e. The summed E-state index contributed by atoms with van der Waals surface area (Å²) in [5.41, 5.74) is 6.32. The van der Waals surface area contributed by atoms with Crippen LogP contribution in [0.5, 0.6) is 0 Å². The summed E-state index contributed by atoms with van der Waals surface area (Å²) < 4.78 is 5.29. The Balaban J connectivity index is 1.46. The van der Waals surface area contributed by atoms with Crippen LogP contribution in [0.1, 0.15) is 74.8 Å². The van der Waals surface area contributed by atoms with Crippen LogP contribution in [0.2, 0.25) is 0 Å². The third-order valence-electron chi connectivity index (χ3n) is 7.17. The second kappa shape index (κ2) is 6.09. The van der Waals surface area contributed by atoms with Crippen molar-refractivity contribution in [3.8, 4) is 0 Å². The molecule has 25 heavy (non-hydrogen) atoms. The van der Waals surface area contributed by atoms with Gasteiger partial charge in [0, 0.05) is 6.04 Å². The minimum absolute atomic E-state index is 0.139. The molecule has 138 valence electrons. The number of aromatic nitrogens is 1. The summed E-state index contributed by atoms with van der Waals surface area (Å²) in [5.74, 6) is 2.52. The summed E-state index contributed by atoms with van der Waals surface area (Å²) in [6.45, 7) is 3.73. The molecule has 1 aromatic rings. The molecule has 4 N–H and O–H groups in total. The van der Waals surface area contributed by atoms with Crippen molar-refractivity contribution in [2.24, 2.45) is 28.9 Å². The number of hydrogen-bond acceptors (Lipinski definition) is 5. The number of nitrogens with two attached hydrogens (primary N) is 1. The molecule has 3 bridgehead atoms. The summed E-state index contributed by atoms with van der Waals surface area (Å²) in [7, 11) is 0. The zero-order valence-electron chi connectivity index (χ0n) is 15.1. The van der Waals surface area contributed by atoms with Crippen LogP contribution in [0, 0.1) is 23.2 Å². The maximum absolute atomic E-state index is 12.6. The molecule has 1 amide bonds. The predicted molar refractivity (Wildman–Crippen MR) is 92.6 cm³/mol. The molecule has 3 aliphatic carbocycles. The summed E-state index contributed by atoms with van der Waals surface area (Å²) in [4.78, 5) is 16.8. The van der Waals surface area contributed by atoms with Crippen molar-refractivity contribution in [1.29, 1.82) is 0 Å². The van der Waals surface area contributed by atoms with E-state index in [2.05, 4.69) is 17.2 Å². The Kier molecular flexibility index (Phi) is 4.15. The van der Waals surface area contributed by atoms with Gasteiger partial charge in [0.1, 0.15) is 12.3 Å². The fourth-order valence-corrected chi connectivity index (χ4v) is 5.83. The first-order chi connectivity index (χ1) is 11.9. The van der Waals surface area contributed by atoms with Gasteiger partial charge in [0.15, 0.2) is 5.69 Å². The van der Waals surface area contributed by atoms with Crippen LogP contribution in [0.4, 0.5) is 0 Å². The van der Waals surface area contributed by atoms with Crippen molar-refractivity contribution in [3.63, 3.8) is 0 Å². The Bertz CT molecular complexity index is 658. The first kappa shape index (κ1) is 17.0. The molecule has 1 heterocycles. The molecular formula is C19H29N3O3. The molecule has 3 aliphatic rings. The van der Waals surface area contributed by atoms with Crippen LogP contribution in [0.25, 0.3) is 0 Å². The van der Waals surface area contributed by atoms with Crippen molar-refractivity contribution in [2.75, 3.05) is 0 Å². The third-order valence-corrected chi connectivity index (χ3v) is 7.17. The average Bonchev–Trinajstić information content (AvgIpc) is 3.12. The summed E-state index contributed by atoms with van der Waals surface area (Å²) >= 11 is 0. The number of hydrogen-bond donors (Lipinski definition) is 3. The van der Waals surface area contributed by atoms with Crippen LogP contribution in [-0.4, -0.2) is 28.1 Å². The maximum atomic E-state index is 12.6. The summed E-state index contributed by atoms with van der Waals surface area (Å²) in [5, 5.41) is 12.7. The maximum Gasteiger partial charge on any atom is 0.273 e. The Labute approximate surface area is 148 Å². The molecule has 6 heteroatoms. The lowest BCUT2D eigenvalue weighted by Crippen LogP contribution is -2.49. The lowest BCUT2D eigenvalue weighted by molar-refractivity contribution is 0.0519. The van der Waals surface area contributed by atoms with Gasteiger partial charge in [-0.3, -0.25) is 4.79 Å². The zero-order valence-corrected chi connectivity index (χ0v) is 15.1. The topological polar surface area (TPSA) is 101 Å². The Hall–Kier alpha value is -1.40. The number of carbonyl (C=O) groups excluding carboxylic acids is 1. The number of amides is 1. The summed E-state index contributed by atoms with van der Waals surface area (Å²) in [6, 6.07) is -0.582. The lowest BCUT2D eigenvalue weighted by Gasteiger charge is -2.46. The number of aliphatic hydroxyl groups excluding tert-OH is 1. The largest absolute Gasteiger partial charge is 0.446 e. The molecule has 7 unspecified atom stereocenters. The van der Waals surface area contributed by atoms with Gasteiger partial charge in [0.25, 0.3) is 5.91 Å². The quantitative estimate of drug-likeness (QED) is 0.759. The van der Waals surface area contributed by atoms with E-state index in [0.29, 0.717) is 0 Å². The van der Waals surface area contributed by atoms with Gasteiger partial charge in [-0.25, -0.2) is 4.98 Å². The van der Waals surface area contributed by atoms with E-state index in [1.54, 1.807) is 6.92 Å². The molecule has 0 spiro atoms. The van der Waals surface area contributed by atoms with Gasteiger partial charge in [-0.2, -0.15) is 0 Å². The van der Waals surface area contributed by atoms with Crippen molar-refractivity contribution in [1.82, 2.24) is 10.3 Å². The number of rotatable bonds is 5. The van der Waals surface area contributed by atoms with E-state index in [9.17, 15) is 9.90 Å². The second-order valence-corrected chi connectivity index (χ2v) is 8.64. The third kappa shape index (κ3) is 2.79. The van der Waals surface area contributed by atoms with Crippen molar-refractivity contribution >= 4 is 5.91 Å². The van der Waals surface area contributed by atoms with Crippen LogP contribution < -0.4 is 11.1 Å². The fraction of sp³-hybridized carbons (Fsp3) is 0.789. The number of nitrogens with one attached hydrogen (secondary N) is 1. The molecule has 6 nitrogen and oxygen atoms in total. The Morgan fingerprint density at radius 2 is 2.16 bits per heavy atom. The van der Waals surface area contributed by atoms with Crippen LogP contribution in [0.15, 0.2) is 10.7 Å². The minimum Gasteiger partial charge on any atom is -0.446 e. The standard InChI is InChI=1S/C19H29N3O3/c1-10(23)16(20)18-22-15(9-25-18)17(24)21-11(2)19-4-3-12-5-13(8-19)7-14(19)6-12/h9-14,16,23H,3-8,20H2,1-2H3,(H,21,24). The first-order valence-electron chi connectivity index (χ1n) is 9.59. The summed E-state index contributed by atoms with van der Waals surface area (Å²) in [6.07, 6.45) is 8.43. The predicted octanol–water partition coefficient (Wildman–Crippen LogP) is 2.39. The van der Waals surface area contributed by atoms with E-state index in [-0.39, 0.29) is 28.9 Å². The SMILES string of the molecule is CC(O)C(N)c1nc(C(=O)NC(C)C23CCC4CC(CC2C4)C3)co1.